The lowest BCUT2D eigenvalue weighted by atomic mass is 9.90. The Morgan fingerprint density at radius 3 is 2.67 bits per heavy atom. The molecular formula is C29H39N5O5. The molecule has 1 amide bonds. The van der Waals surface area contributed by atoms with Gasteiger partial charge in [0, 0.05) is 30.9 Å². The summed E-state index contributed by atoms with van der Waals surface area (Å²) in [6.45, 7) is 10.1. The first-order valence-corrected chi connectivity index (χ1v) is 13.6. The number of rotatable bonds is 10. The van der Waals surface area contributed by atoms with E-state index in [0.29, 0.717) is 49.5 Å². The van der Waals surface area contributed by atoms with Crippen molar-refractivity contribution < 1.29 is 23.9 Å². The molecule has 0 radical (unpaired) electrons. The number of hydrogen-bond donors (Lipinski definition) is 2. The third-order valence-corrected chi connectivity index (χ3v) is 7.11. The zero-order valence-electron chi connectivity index (χ0n) is 23.5. The molecule has 0 spiro atoms. The first-order chi connectivity index (χ1) is 18.8. The van der Waals surface area contributed by atoms with Crippen molar-refractivity contribution in [3.8, 4) is 28.4 Å². The highest BCUT2D eigenvalue weighted by atomic mass is 16.6. The fraction of sp³-hybridized carbons (Fsp3) is 0.517. The van der Waals surface area contributed by atoms with Crippen molar-refractivity contribution >= 4 is 6.09 Å². The molecule has 3 heterocycles. The van der Waals surface area contributed by atoms with Gasteiger partial charge in [-0.15, -0.1) is 0 Å². The number of nitrogens with one attached hydrogen (secondary N) is 1. The van der Waals surface area contributed by atoms with Crippen LogP contribution in [0.2, 0.25) is 0 Å². The molecule has 0 aliphatic carbocycles. The van der Waals surface area contributed by atoms with Gasteiger partial charge in [-0.2, -0.15) is 0 Å². The van der Waals surface area contributed by atoms with Gasteiger partial charge < -0.3 is 29.3 Å². The first kappa shape index (κ1) is 28.5. The van der Waals surface area contributed by atoms with E-state index in [1.54, 1.807) is 11.9 Å². The van der Waals surface area contributed by atoms with Crippen molar-refractivity contribution in [1.82, 2.24) is 25.3 Å². The predicted molar refractivity (Wildman–Crippen MR) is 148 cm³/mol. The fourth-order valence-electron chi connectivity index (χ4n) is 4.98. The third-order valence-electron chi connectivity index (χ3n) is 7.11. The smallest absolute Gasteiger partial charge is 0.409 e. The van der Waals surface area contributed by atoms with Gasteiger partial charge in [-0.1, -0.05) is 17.3 Å². The van der Waals surface area contributed by atoms with E-state index in [4.69, 9.17) is 24.0 Å². The lowest BCUT2D eigenvalue weighted by Crippen LogP contribution is -2.39. The second-order valence-corrected chi connectivity index (χ2v) is 10.1. The summed E-state index contributed by atoms with van der Waals surface area (Å²) in [5.74, 6) is 2.33. The van der Waals surface area contributed by atoms with Gasteiger partial charge in [-0.3, -0.25) is 0 Å². The molecule has 0 bridgehead atoms. The van der Waals surface area contributed by atoms with Crippen molar-refractivity contribution in [2.24, 2.45) is 5.92 Å². The van der Waals surface area contributed by atoms with E-state index in [1.165, 1.54) is 0 Å². The molecule has 1 unspecified atom stereocenters. The zero-order valence-corrected chi connectivity index (χ0v) is 23.5. The van der Waals surface area contributed by atoms with Crippen molar-refractivity contribution in [3.05, 3.63) is 47.0 Å². The number of likely N-dealkylation sites (tertiary alicyclic amines) is 1. The summed E-state index contributed by atoms with van der Waals surface area (Å²) in [7, 11) is 1.79. The minimum Gasteiger partial charge on any atom is -0.491 e. The summed E-state index contributed by atoms with van der Waals surface area (Å²) < 4.78 is 16.5. The van der Waals surface area contributed by atoms with Gasteiger partial charge in [0.05, 0.1) is 23.6 Å². The van der Waals surface area contributed by atoms with Crippen LogP contribution in [0.25, 0.3) is 22.6 Å². The van der Waals surface area contributed by atoms with E-state index in [0.717, 1.165) is 53.0 Å². The molecule has 10 heteroatoms. The number of likely N-dealkylation sites (N-methyl/N-ethyl adjacent to an activating group) is 1. The van der Waals surface area contributed by atoms with Crippen molar-refractivity contribution in [3.63, 3.8) is 0 Å². The Labute approximate surface area is 229 Å². The van der Waals surface area contributed by atoms with Crippen LogP contribution < -0.4 is 10.1 Å². The molecule has 1 aliphatic rings. The molecule has 10 nitrogen and oxygen atoms in total. The Morgan fingerprint density at radius 2 is 2.00 bits per heavy atom. The fourth-order valence-corrected chi connectivity index (χ4v) is 4.98. The second-order valence-electron chi connectivity index (χ2n) is 10.1. The van der Waals surface area contributed by atoms with E-state index in [-0.39, 0.29) is 12.7 Å². The maximum Gasteiger partial charge on any atom is 0.409 e. The zero-order chi connectivity index (χ0) is 27.9. The highest BCUT2D eigenvalue weighted by Gasteiger charge is 2.26. The molecule has 1 saturated heterocycles. The molecule has 1 fully saturated rings. The molecule has 2 N–H and O–H groups in total. The number of piperidine rings is 1. The number of nitrogens with zero attached hydrogens (tertiary/aromatic N) is 4. The monoisotopic (exact) mass is 537 g/mol. The number of carbonyl (C=O) groups is 1. The van der Waals surface area contributed by atoms with Crippen LogP contribution in [0.15, 0.2) is 28.8 Å². The number of carbonyl (C=O) groups excluding carboxylic acids is 1. The van der Waals surface area contributed by atoms with E-state index in [9.17, 15) is 9.90 Å². The average molecular weight is 538 g/mol. The Morgan fingerprint density at radius 1 is 1.23 bits per heavy atom. The van der Waals surface area contributed by atoms with Crippen molar-refractivity contribution in [2.45, 2.75) is 53.1 Å². The number of hydrogen-bond acceptors (Lipinski definition) is 9. The number of ether oxygens (including phenoxy) is 2. The van der Waals surface area contributed by atoms with Gasteiger partial charge in [-0.05, 0) is 77.6 Å². The van der Waals surface area contributed by atoms with Crippen LogP contribution in [0.5, 0.6) is 5.75 Å². The summed E-state index contributed by atoms with van der Waals surface area (Å²) in [6.07, 6.45) is 1.70. The van der Waals surface area contributed by atoms with Gasteiger partial charge in [0.2, 0.25) is 0 Å². The van der Waals surface area contributed by atoms with Crippen LogP contribution in [0.4, 0.5) is 4.79 Å². The third kappa shape index (κ3) is 6.93. The van der Waals surface area contributed by atoms with Crippen LogP contribution in [0, 0.1) is 26.7 Å². The number of aliphatic hydroxyl groups is 1. The van der Waals surface area contributed by atoms with Crippen LogP contribution in [-0.4, -0.2) is 77.2 Å². The van der Waals surface area contributed by atoms with E-state index < -0.39 is 6.10 Å². The number of aromatic nitrogens is 3. The minimum absolute atomic E-state index is 0.180. The lowest BCUT2D eigenvalue weighted by molar-refractivity contribution is 0.0917. The van der Waals surface area contributed by atoms with Gasteiger partial charge in [0.25, 0.3) is 0 Å². The van der Waals surface area contributed by atoms with Gasteiger partial charge >= 0.3 is 6.09 Å². The van der Waals surface area contributed by atoms with Gasteiger partial charge in [0.1, 0.15) is 24.2 Å². The average Bonchev–Trinajstić information content (AvgIpc) is 3.27. The molecule has 210 valence electrons. The molecule has 1 aliphatic heterocycles. The molecule has 3 aromatic rings. The Kier molecular flexibility index (Phi) is 9.53. The maximum atomic E-state index is 12.1. The molecular weight excluding hydrogens is 498 g/mol. The number of aryl methyl sites for hydroxylation is 2. The van der Waals surface area contributed by atoms with Crippen molar-refractivity contribution in [2.75, 3.05) is 39.9 Å². The summed E-state index contributed by atoms with van der Waals surface area (Å²) >= 11 is 0. The summed E-state index contributed by atoms with van der Waals surface area (Å²) in [5, 5.41) is 17.1. The summed E-state index contributed by atoms with van der Waals surface area (Å²) in [6, 6.07) is 7.62. The van der Waals surface area contributed by atoms with Crippen LogP contribution in [0.1, 0.15) is 42.5 Å². The van der Waals surface area contributed by atoms with Gasteiger partial charge in [0.15, 0.2) is 5.82 Å². The van der Waals surface area contributed by atoms with Crippen molar-refractivity contribution in [1.29, 1.82) is 0 Å². The second kappa shape index (κ2) is 13.0. The van der Waals surface area contributed by atoms with Gasteiger partial charge in [-0.25, -0.2) is 14.8 Å². The van der Waals surface area contributed by atoms with Crippen LogP contribution in [-0.2, 0) is 11.2 Å². The van der Waals surface area contributed by atoms with E-state index in [2.05, 4.69) is 17.4 Å². The number of aliphatic hydroxyl groups excluding tert-OH is 1. The normalized spacial score (nSPS) is 14.9. The Hall–Kier alpha value is -3.50. The molecule has 1 aromatic carbocycles. The quantitative estimate of drug-likeness (QED) is 0.394. The molecule has 2 aromatic heterocycles. The molecule has 39 heavy (non-hydrogen) atoms. The highest BCUT2D eigenvalue weighted by molar-refractivity contribution is 5.71. The molecule has 4 rings (SSSR count). The summed E-state index contributed by atoms with van der Waals surface area (Å²) in [4.78, 5) is 23.9. The van der Waals surface area contributed by atoms with E-state index in [1.807, 2.05) is 45.0 Å². The Bertz CT molecular complexity index is 1250. The molecule has 0 saturated carbocycles. The van der Waals surface area contributed by atoms with E-state index >= 15 is 0 Å². The predicted octanol–water partition coefficient (Wildman–Crippen LogP) is 4.09. The largest absolute Gasteiger partial charge is 0.491 e. The number of benzene rings is 1. The lowest BCUT2D eigenvalue weighted by Gasteiger charge is -2.31. The minimum atomic E-state index is -0.609. The standard InChI is InChI=1S/C29H39N5O5/c1-6-37-29(36)34-12-10-21(11-13-34)14-25-18(2)27(26-19(3)33-39-20(26)4)32-28(31-25)22-8-7-9-24(15-22)38-17-23(35)16-30-5/h7-9,15,21,23,30,35H,6,10-14,16-17H2,1-5H3. The highest BCUT2D eigenvalue weighted by Crippen LogP contribution is 2.33. The SMILES string of the molecule is CCOC(=O)N1CCC(Cc2nc(-c3cccc(OCC(O)CNC)c3)nc(-c3c(C)noc3C)c2C)CC1. The number of amides is 1. The topological polar surface area (TPSA) is 123 Å². The van der Waals surface area contributed by atoms with Crippen LogP contribution in [0.3, 0.4) is 0 Å². The maximum absolute atomic E-state index is 12.1. The van der Waals surface area contributed by atoms with Crippen LogP contribution >= 0.6 is 0 Å². The molecule has 1 atom stereocenters. The summed E-state index contributed by atoms with van der Waals surface area (Å²) in [5.41, 5.74) is 5.28. The Balaban J connectivity index is 1.63. The first-order valence-electron chi connectivity index (χ1n) is 13.6.